The van der Waals surface area contributed by atoms with Crippen LogP contribution in [0.2, 0.25) is 10.0 Å². The maximum Gasteiger partial charge on any atom is 0.232 e. The molecule has 0 saturated heterocycles. The number of nitrogens with zero attached hydrogens (tertiary/aromatic N) is 4. The van der Waals surface area contributed by atoms with Crippen LogP contribution in [0.25, 0.3) is 0 Å². The lowest BCUT2D eigenvalue weighted by molar-refractivity contribution is 0.340. The normalized spacial score (nSPS) is 13.1. The second-order valence-corrected chi connectivity index (χ2v) is 7.82. The molecule has 4 rings (SSSR count). The van der Waals surface area contributed by atoms with Gasteiger partial charge in [0.05, 0.1) is 6.61 Å². The van der Waals surface area contributed by atoms with Gasteiger partial charge < -0.3 is 9.64 Å². The molecule has 2 heterocycles. The Morgan fingerprint density at radius 3 is 2.63 bits per heavy atom. The van der Waals surface area contributed by atoms with Crippen LogP contribution in [-0.4, -0.2) is 27.9 Å². The molecular formula is C19H18Cl2N4OS. The molecule has 140 valence electrons. The van der Waals surface area contributed by atoms with Gasteiger partial charge in [0.2, 0.25) is 5.95 Å². The first kappa shape index (κ1) is 18.5. The van der Waals surface area contributed by atoms with E-state index >= 15 is 0 Å². The SMILES string of the molecule is CCOc1ccc(N2CCn3c(SCc4ccc(Cl)cc4Cl)nnc32)cc1. The zero-order chi connectivity index (χ0) is 18.8. The molecule has 8 heteroatoms. The van der Waals surface area contributed by atoms with Crippen molar-refractivity contribution in [2.75, 3.05) is 18.1 Å². The summed E-state index contributed by atoms with van der Waals surface area (Å²) in [5.41, 5.74) is 2.12. The van der Waals surface area contributed by atoms with Crippen LogP contribution in [0.5, 0.6) is 5.75 Å². The van der Waals surface area contributed by atoms with Gasteiger partial charge in [-0.25, -0.2) is 0 Å². The van der Waals surface area contributed by atoms with E-state index in [1.165, 1.54) is 0 Å². The minimum Gasteiger partial charge on any atom is -0.494 e. The molecule has 1 aliphatic heterocycles. The van der Waals surface area contributed by atoms with E-state index < -0.39 is 0 Å². The number of hydrogen-bond donors (Lipinski definition) is 0. The molecule has 0 N–H and O–H groups in total. The molecule has 0 saturated carbocycles. The molecule has 0 aliphatic carbocycles. The highest BCUT2D eigenvalue weighted by molar-refractivity contribution is 7.98. The van der Waals surface area contributed by atoms with Crippen LogP contribution in [0.3, 0.4) is 0 Å². The molecule has 0 spiro atoms. The van der Waals surface area contributed by atoms with Gasteiger partial charge in [-0.15, -0.1) is 10.2 Å². The van der Waals surface area contributed by atoms with Gasteiger partial charge in [-0.1, -0.05) is 41.0 Å². The van der Waals surface area contributed by atoms with Crippen molar-refractivity contribution in [3.8, 4) is 5.75 Å². The molecule has 2 aromatic carbocycles. The number of anilines is 2. The Kier molecular flexibility index (Phi) is 5.48. The maximum absolute atomic E-state index is 6.27. The fourth-order valence-electron chi connectivity index (χ4n) is 3.00. The summed E-state index contributed by atoms with van der Waals surface area (Å²) in [6.45, 7) is 4.36. The second kappa shape index (κ2) is 8.00. The van der Waals surface area contributed by atoms with Gasteiger partial charge in [-0.2, -0.15) is 0 Å². The lowest BCUT2D eigenvalue weighted by Crippen LogP contribution is -2.14. The van der Waals surface area contributed by atoms with Gasteiger partial charge in [-0.05, 0) is 48.9 Å². The van der Waals surface area contributed by atoms with Crippen molar-refractivity contribution in [3.63, 3.8) is 0 Å². The summed E-state index contributed by atoms with van der Waals surface area (Å²) in [6.07, 6.45) is 0. The molecule has 27 heavy (non-hydrogen) atoms. The molecular weight excluding hydrogens is 403 g/mol. The van der Waals surface area contributed by atoms with E-state index in [1.807, 2.05) is 31.2 Å². The largest absolute Gasteiger partial charge is 0.494 e. The van der Waals surface area contributed by atoms with Crippen molar-refractivity contribution < 1.29 is 4.74 Å². The number of thioether (sulfide) groups is 1. The van der Waals surface area contributed by atoms with Crippen molar-refractivity contribution in [1.82, 2.24) is 14.8 Å². The number of halogens is 2. The highest BCUT2D eigenvalue weighted by Crippen LogP contribution is 2.34. The average Bonchev–Trinajstić information content (AvgIpc) is 3.25. The Balaban J connectivity index is 1.49. The molecule has 0 bridgehead atoms. The maximum atomic E-state index is 6.27. The van der Waals surface area contributed by atoms with E-state index in [2.05, 4.69) is 31.8 Å². The molecule has 1 aromatic heterocycles. The number of ether oxygens (including phenoxy) is 1. The summed E-state index contributed by atoms with van der Waals surface area (Å²) in [5, 5.41) is 11.0. The smallest absolute Gasteiger partial charge is 0.232 e. The van der Waals surface area contributed by atoms with Crippen molar-refractivity contribution >= 4 is 46.6 Å². The molecule has 0 atom stereocenters. The molecule has 0 amide bonds. The van der Waals surface area contributed by atoms with E-state index in [0.29, 0.717) is 16.7 Å². The Morgan fingerprint density at radius 2 is 1.89 bits per heavy atom. The number of rotatable bonds is 6. The summed E-state index contributed by atoms with van der Waals surface area (Å²) in [5.74, 6) is 2.46. The Hall–Kier alpha value is -1.89. The predicted molar refractivity (Wildman–Crippen MR) is 111 cm³/mol. The number of aromatic nitrogens is 3. The van der Waals surface area contributed by atoms with E-state index in [-0.39, 0.29) is 0 Å². The second-order valence-electron chi connectivity index (χ2n) is 6.04. The van der Waals surface area contributed by atoms with Crippen LogP contribution in [0, 0.1) is 0 Å². The Bertz CT molecular complexity index is 945. The van der Waals surface area contributed by atoms with Crippen LogP contribution in [0.4, 0.5) is 11.6 Å². The lowest BCUT2D eigenvalue weighted by atomic mass is 10.2. The Morgan fingerprint density at radius 1 is 1.07 bits per heavy atom. The average molecular weight is 421 g/mol. The molecule has 0 unspecified atom stereocenters. The summed E-state index contributed by atoms with van der Waals surface area (Å²) in [7, 11) is 0. The van der Waals surface area contributed by atoms with E-state index in [9.17, 15) is 0 Å². The van der Waals surface area contributed by atoms with Gasteiger partial charge >= 0.3 is 0 Å². The van der Waals surface area contributed by atoms with Crippen LogP contribution >= 0.6 is 35.0 Å². The van der Waals surface area contributed by atoms with Crippen molar-refractivity contribution in [3.05, 3.63) is 58.1 Å². The number of hydrogen-bond acceptors (Lipinski definition) is 5. The minimum absolute atomic E-state index is 0.642. The molecule has 5 nitrogen and oxygen atoms in total. The van der Waals surface area contributed by atoms with Gasteiger partial charge in [0.15, 0.2) is 5.16 Å². The summed E-state index contributed by atoms with van der Waals surface area (Å²) >= 11 is 13.9. The van der Waals surface area contributed by atoms with Crippen LogP contribution < -0.4 is 9.64 Å². The third-order valence-corrected chi connectivity index (χ3v) is 5.92. The molecule has 0 radical (unpaired) electrons. The quantitative estimate of drug-likeness (QED) is 0.497. The molecule has 3 aromatic rings. The van der Waals surface area contributed by atoms with Gasteiger partial charge in [-0.3, -0.25) is 4.57 Å². The zero-order valence-electron chi connectivity index (χ0n) is 14.7. The monoisotopic (exact) mass is 420 g/mol. The fraction of sp³-hybridized carbons (Fsp3) is 0.263. The van der Waals surface area contributed by atoms with E-state index in [1.54, 1.807) is 17.8 Å². The summed E-state index contributed by atoms with van der Waals surface area (Å²) in [6, 6.07) is 13.6. The highest BCUT2D eigenvalue weighted by Gasteiger charge is 2.26. The zero-order valence-corrected chi connectivity index (χ0v) is 17.1. The van der Waals surface area contributed by atoms with E-state index in [4.69, 9.17) is 27.9 Å². The summed E-state index contributed by atoms with van der Waals surface area (Å²) < 4.78 is 7.66. The standard InChI is InChI=1S/C19H18Cl2N4OS/c1-2-26-16-7-5-15(6-8-16)24-9-10-25-18(24)22-23-19(25)27-12-13-3-4-14(20)11-17(13)21/h3-8,11H,2,9-10,12H2,1H3. The topological polar surface area (TPSA) is 43.2 Å². The van der Waals surface area contributed by atoms with E-state index in [0.717, 1.165) is 46.9 Å². The van der Waals surface area contributed by atoms with Crippen molar-refractivity contribution in [2.45, 2.75) is 24.4 Å². The third-order valence-electron chi connectivity index (χ3n) is 4.32. The van der Waals surface area contributed by atoms with Crippen molar-refractivity contribution in [1.29, 1.82) is 0 Å². The fourth-order valence-corrected chi connectivity index (χ4v) is 4.52. The first-order valence-corrected chi connectivity index (χ1v) is 10.4. The van der Waals surface area contributed by atoms with Crippen LogP contribution in [0.15, 0.2) is 47.6 Å². The minimum atomic E-state index is 0.642. The number of benzene rings is 2. The first-order chi connectivity index (χ1) is 13.2. The predicted octanol–water partition coefficient (Wildman–Crippen LogP) is 5.43. The van der Waals surface area contributed by atoms with Gasteiger partial charge in [0, 0.05) is 34.6 Å². The first-order valence-electron chi connectivity index (χ1n) is 8.66. The third kappa shape index (κ3) is 3.88. The van der Waals surface area contributed by atoms with Gasteiger partial charge in [0.25, 0.3) is 0 Å². The molecule has 1 aliphatic rings. The van der Waals surface area contributed by atoms with Crippen LogP contribution in [-0.2, 0) is 12.3 Å². The Labute approximate surface area is 172 Å². The molecule has 0 fully saturated rings. The van der Waals surface area contributed by atoms with Crippen LogP contribution in [0.1, 0.15) is 12.5 Å². The van der Waals surface area contributed by atoms with Crippen molar-refractivity contribution in [2.24, 2.45) is 0 Å². The van der Waals surface area contributed by atoms with Gasteiger partial charge in [0.1, 0.15) is 5.75 Å². The highest BCUT2D eigenvalue weighted by atomic mass is 35.5. The number of fused-ring (bicyclic) bond motifs is 1. The summed E-state index contributed by atoms with van der Waals surface area (Å²) in [4.78, 5) is 2.17. The lowest BCUT2D eigenvalue weighted by Gasteiger charge is -2.15.